The van der Waals surface area contributed by atoms with Crippen molar-refractivity contribution in [3.8, 4) is 11.4 Å². The third-order valence-electron chi connectivity index (χ3n) is 4.50. The number of hydrogen-bond donors (Lipinski definition) is 1. The van der Waals surface area contributed by atoms with E-state index in [0.29, 0.717) is 12.0 Å². The Labute approximate surface area is 139 Å². The molecule has 1 aliphatic carbocycles. The van der Waals surface area contributed by atoms with Gasteiger partial charge < -0.3 is 5.32 Å². The predicted octanol–water partition coefficient (Wildman–Crippen LogP) is 2.85. The Morgan fingerprint density at radius 3 is 3.04 bits per heavy atom. The van der Waals surface area contributed by atoms with Gasteiger partial charge in [0.25, 0.3) is 0 Å². The van der Waals surface area contributed by atoms with Gasteiger partial charge in [-0.3, -0.25) is 9.38 Å². The molecule has 0 spiro atoms. The lowest BCUT2D eigenvalue weighted by atomic mass is 9.92. The lowest BCUT2D eigenvalue weighted by molar-refractivity contribution is 0.651. The average Bonchev–Trinajstić information content (AvgIpc) is 3.28. The normalized spacial score (nSPS) is 21.6. The quantitative estimate of drug-likeness (QED) is 0.790. The highest BCUT2D eigenvalue weighted by Crippen LogP contribution is 2.28. The van der Waals surface area contributed by atoms with Crippen molar-refractivity contribution in [1.82, 2.24) is 24.7 Å². The van der Waals surface area contributed by atoms with Crippen LogP contribution in [-0.2, 0) is 0 Å². The molecule has 0 bridgehead atoms. The van der Waals surface area contributed by atoms with Crippen molar-refractivity contribution in [2.24, 2.45) is 5.92 Å². The molecule has 5 heteroatoms. The van der Waals surface area contributed by atoms with E-state index >= 15 is 0 Å². The second-order valence-electron chi connectivity index (χ2n) is 5.97. The van der Waals surface area contributed by atoms with Gasteiger partial charge in [0.2, 0.25) is 0 Å². The molecule has 116 valence electrons. The number of aromatic nitrogens is 4. The van der Waals surface area contributed by atoms with Gasteiger partial charge in [0, 0.05) is 18.3 Å². The average molecular weight is 313 g/mol. The Hall–Kier alpha value is -3.21. The summed E-state index contributed by atoms with van der Waals surface area (Å²) in [5.74, 6) is 0.447. The van der Waals surface area contributed by atoms with Gasteiger partial charge >= 0.3 is 0 Å². The molecule has 1 N–H and O–H groups in total. The summed E-state index contributed by atoms with van der Waals surface area (Å²) in [5.41, 5.74) is 4.80. The van der Waals surface area contributed by atoms with Gasteiger partial charge in [0.15, 0.2) is 5.65 Å². The fourth-order valence-corrected chi connectivity index (χ4v) is 3.26. The summed E-state index contributed by atoms with van der Waals surface area (Å²) in [4.78, 5) is 13.4. The van der Waals surface area contributed by atoms with Crippen LogP contribution in [-0.4, -0.2) is 25.4 Å². The number of rotatable bonds is 2. The van der Waals surface area contributed by atoms with E-state index in [-0.39, 0.29) is 0 Å². The zero-order valence-corrected chi connectivity index (χ0v) is 12.9. The number of nitrogens with one attached hydrogen (secondary N) is 1. The Bertz CT molecular complexity index is 1010. The maximum atomic E-state index is 4.85. The van der Waals surface area contributed by atoms with Crippen molar-refractivity contribution < 1.29 is 0 Å². The lowest BCUT2D eigenvalue weighted by Gasteiger charge is -2.19. The van der Waals surface area contributed by atoms with Gasteiger partial charge in [0.1, 0.15) is 0 Å². The number of allylic oxidation sites excluding steroid dienone is 2. The summed E-state index contributed by atoms with van der Waals surface area (Å²) >= 11 is 0. The van der Waals surface area contributed by atoms with E-state index in [9.17, 15) is 0 Å². The fraction of sp³-hybridized carbons (Fsp3) is 0.105. The van der Waals surface area contributed by atoms with Crippen LogP contribution in [0, 0.1) is 5.92 Å². The molecule has 24 heavy (non-hydrogen) atoms. The summed E-state index contributed by atoms with van der Waals surface area (Å²) in [6.07, 6.45) is 18.1. The monoisotopic (exact) mass is 313 g/mol. The Kier molecular flexibility index (Phi) is 2.85. The molecule has 0 saturated carbocycles. The number of hydrogen-bond acceptors (Lipinski definition) is 4. The second-order valence-corrected chi connectivity index (χ2v) is 5.97. The molecule has 1 aliphatic heterocycles. The van der Waals surface area contributed by atoms with E-state index in [1.165, 1.54) is 0 Å². The van der Waals surface area contributed by atoms with Crippen LogP contribution in [0.4, 0.5) is 0 Å². The lowest BCUT2D eigenvalue weighted by Crippen LogP contribution is -2.25. The highest BCUT2D eigenvalue weighted by molar-refractivity contribution is 5.75. The molecule has 0 saturated heterocycles. The highest BCUT2D eigenvalue weighted by Gasteiger charge is 2.22. The second kappa shape index (κ2) is 5.16. The summed E-state index contributed by atoms with van der Waals surface area (Å²) in [5, 5.41) is 3.37. The van der Waals surface area contributed by atoms with Gasteiger partial charge in [0.05, 0.1) is 35.5 Å². The van der Waals surface area contributed by atoms with Crippen molar-refractivity contribution in [1.29, 1.82) is 0 Å². The molecular formula is C19H15N5. The number of fused-ring (bicyclic) bond motifs is 2. The van der Waals surface area contributed by atoms with Gasteiger partial charge in [-0.1, -0.05) is 30.4 Å². The maximum Gasteiger partial charge on any atom is 0.155 e. The molecule has 0 aromatic carbocycles. The minimum absolute atomic E-state index is 0.331. The van der Waals surface area contributed by atoms with Crippen LogP contribution in [0.3, 0.4) is 0 Å². The van der Waals surface area contributed by atoms with Crippen molar-refractivity contribution in [3.05, 3.63) is 79.2 Å². The van der Waals surface area contributed by atoms with Crippen LogP contribution >= 0.6 is 0 Å². The fourth-order valence-electron chi connectivity index (χ4n) is 3.26. The van der Waals surface area contributed by atoms with Gasteiger partial charge in [-0.15, -0.1) is 0 Å². The molecule has 0 radical (unpaired) electrons. The summed E-state index contributed by atoms with van der Waals surface area (Å²) < 4.78 is 2.00. The van der Waals surface area contributed by atoms with Crippen molar-refractivity contribution in [3.63, 3.8) is 0 Å². The first-order valence-corrected chi connectivity index (χ1v) is 7.96. The van der Waals surface area contributed by atoms with Gasteiger partial charge in [-0.25, -0.2) is 9.97 Å². The molecule has 2 atom stereocenters. The van der Waals surface area contributed by atoms with Crippen LogP contribution in [0.25, 0.3) is 22.6 Å². The minimum atomic E-state index is 0.331. The molecule has 0 fully saturated rings. The van der Waals surface area contributed by atoms with Crippen LogP contribution in [0.15, 0.2) is 73.5 Å². The Balaban J connectivity index is 1.56. The third-order valence-corrected chi connectivity index (χ3v) is 4.50. The summed E-state index contributed by atoms with van der Waals surface area (Å²) in [6.45, 7) is 0. The van der Waals surface area contributed by atoms with Crippen LogP contribution < -0.4 is 5.32 Å². The van der Waals surface area contributed by atoms with E-state index in [2.05, 4.69) is 39.6 Å². The van der Waals surface area contributed by atoms with E-state index in [0.717, 1.165) is 28.3 Å². The van der Waals surface area contributed by atoms with Crippen LogP contribution in [0.2, 0.25) is 0 Å². The van der Waals surface area contributed by atoms with Crippen molar-refractivity contribution in [2.45, 2.75) is 6.04 Å². The molecule has 3 aromatic heterocycles. The minimum Gasteiger partial charge on any atom is -0.384 e. The van der Waals surface area contributed by atoms with Gasteiger partial charge in [-0.2, -0.15) is 0 Å². The number of pyridine rings is 1. The van der Waals surface area contributed by atoms with E-state index in [4.69, 9.17) is 4.98 Å². The first-order valence-electron chi connectivity index (χ1n) is 7.96. The van der Waals surface area contributed by atoms with Gasteiger partial charge in [-0.05, 0) is 23.9 Å². The molecule has 5 nitrogen and oxygen atoms in total. The van der Waals surface area contributed by atoms with Crippen LogP contribution in [0.1, 0.15) is 5.69 Å². The molecule has 5 rings (SSSR count). The third kappa shape index (κ3) is 2.06. The number of nitrogens with zero attached hydrogens (tertiary/aromatic N) is 4. The first kappa shape index (κ1) is 13.2. The van der Waals surface area contributed by atoms with E-state index in [1.807, 2.05) is 41.2 Å². The molecule has 2 unspecified atom stereocenters. The summed E-state index contributed by atoms with van der Waals surface area (Å²) in [7, 11) is 0. The van der Waals surface area contributed by atoms with Crippen molar-refractivity contribution in [2.75, 3.05) is 0 Å². The first-order chi connectivity index (χ1) is 11.9. The van der Waals surface area contributed by atoms with Crippen LogP contribution in [0.5, 0.6) is 0 Å². The highest BCUT2D eigenvalue weighted by atomic mass is 15.0. The smallest absolute Gasteiger partial charge is 0.155 e. The Morgan fingerprint density at radius 2 is 2.04 bits per heavy atom. The Morgan fingerprint density at radius 1 is 1.08 bits per heavy atom. The summed E-state index contributed by atoms with van der Waals surface area (Å²) in [6, 6.07) is 6.43. The largest absolute Gasteiger partial charge is 0.384 e. The molecule has 4 heterocycles. The maximum absolute atomic E-state index is 4.85. The molecule has 2 aliphatic rings. The zero-order valence-electron chi connectivity index (χ0n) is 12.9. The van der Waals surface area contributed by atoms with Crippen molar-refractivity contribution >= 4 is 11.2 Å². The number of imidazole rings is 1. The SMILES string of the molecule is C1=CC2C=CC(c3cccc(-c4cnc5cnccn45)n3)=CC2N1. The standard InChI is InChI=1S/C19H15N5/c1-2-15(14-5-4-13-6-7-21-17(13)10-14)23-16(3-1)18-11-22-19-12-20-8-9-24(18)19/h1-13,17,21H. The van der Waals surface area contributed by atoms with E-state index < -0.39 is 0 Å². The molecule has 0 amide bonds. The van der Waals surface area contributed by atoms with E-state index in [1.54, 1.807) is 12.4 Å². The molecule has 3 aromatic rings. The molecular weight excluding hydrogens is 298 g/mol. The predicted molar refractivity (Wildman–Crippen MR) is 92.9 cm³/mol. The topological polar surface area (TPSA) is 55.1 Å². The zero-order chi connectivity index (χ0) is 15.9.